The van der Waals surface area contributed by atoms with E-state index in [4.69, 9.17) is 11.5 Å². The molecule has 0 spiro atoms. The van der Waals surface area contributed by atoms with Crippen molar-refractivity contribution in [1.82, 2.24) is 4.98 Å². The zero-order valence-corrected chi connectivity index (χ0v) is 9.95. The Balaban J connectivity index is 2.32. The Kier molecular flexibility index (Phi) is 2.08. The lowest BCUT2D eigenvalue weighted by atomic mass is 10.2. The minimum atomic E-state index is -0.478. The molecule has 4 N–H and O–H groups in total. The quantitative estimate of drug-likeness (QED) is 0.807. The van der Waals surface area contributed by atoms with Crippen LogP contribution in [0.4, 0.5) is 5.69 Å². The number of fused-ring (bicyclic) bond motifs is 2. The number of aryl methyl sites for hydroxylation is 1. The molecule has 3 heterocycles. The number of anilines is 1. The van der Waals surface area contributed by atoms with Crippen molar-refractivity contribution in [3.8, 4) is 0 Å². The zero-order chi connectivity index (χ0) is 11.3. The number of hydrogen-bond donors (Lipinski definition) is 2. The highest BCUT2D eigenvalue weighted by atomic mass is 32.2. The normalized spacial score (nSPS) is 14.2. The van der Waals surface area contributed by atoms with Crippen molar-refractivity contribution in [2.75, 3.05) is 11.5 Å². The molecule has 0 unspecified atom stereocenters. The van der Waals surface area contributed by atoms with Crippen LogP contribution in [0.1, 0.15) is 15.4 Å². The van der Waals surface area contributed by atoms with Gasteiger partial charge < -0.3 is 11.5 Å². The fourth-order valence-electron chi connectivity index (χ4n) is 1.80. The topological polar surface area (TPSA) is 82.0 Å². The van der Waals surface area contributed by atoms with Crippen molar-refractivity contribution in [1.29, 1.82) is 0 Å². The molecule has 1 aliphatic rings. The number of hydrogen-bond acceptors (Lipinski definition) is 5. The van der Waals surface area contributed by atoms with E-state index in [2.05, 4.69) is 4.98 Å². The summed E-state index contributed by atoms with van der Waals surface area (Å²) in [6.45, 7) is 0. The predicted octanol–water partition coefficient (Wildman–Crippen LogP) is 1.63. The summed E-state index contributed by atoms with van der Waals surface area (Å²) in [4.78, 5) is 18.1. The van der Waals surface area contributed by atoms with Gasteiger partial charge in [-0.3, -0.25) is 4.79 Å². The molecule has 0 bridgehead atoms. The van der Waals surface area contributed by atoms with E-state index in [1.54, 1.807) is 11.8 Å². The van der Waals surface area contributed by atoms with Crippen LogP contribution in [0.3, 0.4) is 0 Å². The van der Waals surface area contributed by atoms with Gasteiger partial charge in [0.25, 0.3) is 5.91 Å². The van der Waals surface area contributed by atoms with E-state index in [0.29, 0.717) is 10.6 Å². The second kappa shape index (κ2) is 3.36. The summed E-state index contributed by atoms with van der Waals surface area (Å²) in [5, 5.41) is 0.854. The maximum atomic E-state index is 11.2. The number of amides is 1. The number of nitrogen functional groups attached to an aromatic ring is 1. The Bertz CT molecular complexity index is 606. The van der Waals surface area contributed by atoms with Crippen LogP contribution < -0.4 is 11.5 Å². The molecule has 0 aromatic carbocycles. The number of nitrogens with zero attached hydrogens (tertiary/aromatic N) is 1. The number of thioether (sulfide) groups is 1. The highest BCUT2D eigenvalue weighted by molar-refractivity contribution is 7.99. The molecule has 2 aromatic rings. The average Bonchev–Trinajstić information content (AvgIpc) is 2.80. The lowest BCUT2D eigenvalue weighted by Gasteiger charge is -1.97. The molecule has 1 amide bonds. The highest BCUT2D eigenvalue weighted by Crippen LogP contribution is 2.38. The standard InChI is InChI=1S/C10H9N3OS2/c11-7-4-3-6-5(1-2-15-6)13-10(4)16-8(7)9(12)14/h3H,1-2,11H2,(H2,12,14). The monoisotopic (exact) mass is 251 g/mol. The number of thiophene rings is 1. The average molecular weight is 251 g/mol. The minimum Gasteiger partial charge on any atom is -0.397 e. The Morgan fingerprint density at radius 2 is 2.31 bits per heavy atom. The molecule has 0 aliphatic carbocycles. The van der Waals surface area contributed by atoms with Gasteiger partial charge in [0.2, 0.25) is 0 Å². The number of carbonyl (C=O) groups is 1. The molecule has 16 heavy (non-hydrogen) atoms. The second-order valence-corrected chi connectivity index (χ2v) is 5.73. The fraction of sp³-hybridized carbons (Fsp3) is 0.200. The lowest BCUT2D eigenvalue weighted by Crippen LogP contribution is -2.10. The third-order valence-corrected chi connectivity index (χ3v) is 4.78. The summed E-state index contributed by atoms with van der Waals surface area (Å²) < 4.78 is 0. The first kappa shape index (κ1) is 9.92. The molecule has 2 aromatic heterocycles. The van der Waals surface area contributed by atoms with Crippen LogP contribution in [-0.4, -0.2) is 16.6 Å². The SMILES string of the molecule is NC(=O)c1sc2nc3c(cc2c1N)SCC3. The van der Waals surface area contributed by atoms with E-state index in [9.17, 15) is 4.79 Å². The van der Waals surface area contributed by atoms with Crippen LogP contribution in [-0.2, 0) is 6.42 Å². The first-order valence-corrected chi connectivity index (χ1v) is 6.61. The lowest BCUT2D eigenvalue weighted by molar-refractivity contribution is 0.100. The summed E-state index contributed by atoms with van der Waals surface area (Å²) in [7, 11) is 0. The van der Waals surface area contributed by atoms with Gasteiger partial charge in [-0.05, 0) is 6.07 Å². The van der Waals surface area contributed by atoms with Crippen LogP contribution in [0.15, 0.2) is 11.0 Å². The predicted molar refractivity (Wildman–Crippen MR) is 67.0 cm³/mol. The van der Waals surface area contributed by atoms with E-state index < -0.39 is 5.91 Å². The summed E-state index contributed by atoms with van der Waals surface area (Å²) in [6.07, 6.45) is 0.986. The van der Waals surface area contributed by atoms with E-state index in [1.807, 2.05) is 6.07 Å². The van der Waals surface area contributed by atoms with Gasteiger partial charge in [-0.15, -0.1) is 23.1 Å². The van der Waals surface area contributed by atoms with Gasteiger partial charge in [0.15, 0.2) is 0 Å². The molecule has 0 atom stereocenters. The molecule has 0 saturated carbocycles. The Morgan fingerprint density at radius 3 is 3.06 bits per heavy atom. The molecule has 3 rings (SSSR count). The molecule has 82 valence electrons. The fourth-order valence-corrected chi connectivity index (χ4v) is 3.78. The molecule has 0 radical (unpaired) electrons. The van der Waals surface area contributed by atoms with Crippen LogP contribution in [0.2, 0.25) is 0 Å². The van der Waals surface area contributed by atoms with Crippen molar-refractivity contribution in [2.45, 2.75) is 11.3 Å². The Labute approximate surface area is 100 Å². The van der Waals surface area contributed by atoms with Crippen LogP contribution in [0.5, 0.6) is 0 Å². The van der Waals surface area contributed by atoms with Gasteiger partial charge >= 0.3 is 0 Å². The molecular weight excluding hydrogens is 242 g/mol. The molecule has 0 saturated heterocycles. The smallest absolute Gasteiger partial charge is 0.260 e. The van der Waals surface area contributed by atoms with Gasteiger partial charge in [-0.1, -0.05) is 0 Å². The van der Waals surface area contributed by atoms with Crippen LogP contribution in [0.25, 0.3) is 10.2 Å². The van der Waals surface area contributed by atoms with Gasteiger partial charge in [0.05, 0.1) is 11.4 Å². The van der Waals surface area contributed by atoms with Crippen molar-refractivity contribution < 1.29 is 4.79 Å². The van der Waals surface area contributed by atoms with Crippen LogP contribution >= 0.6 is 23.1 Å². The molecule has 1 aliphatic heterocycles. The third-order valence-electron chi connectivity index (χ3n) is 2.58. The van der Waals surface area contributed by atoms with E-state index >= 15 is 0 Å². The second-order valence-electron chi connectivity index (χ2n) is 3.59. The van der Waals surface area contributed by atoms with Gasteiger partial charge in [0.1, 0.15) is 9.71 Å². The van der Waals surface area contributed by atoms with E-state index in [-0.39, 0.29) is 0 Å². The van der Waals surface area contributed by atoms with Gasteiger partial charge in [-0.2, -0.15) is 0 Å². The first-order valence-electron chi connectivity index (χ1n) is 4.81. The number of carbonyl (C=O) groups excluding carboxylic acids is 1. The summed E-state index contributed by atoms with van der Waals surface area (Å²) in [5.74, 6) is 0.593. The van der Waals surface area contributed by atoms with Gasteiger partial charge in [0, 0.05) is 22.5 Å². The minimum absolute atomic E-state index is 0.413. The summed E-state index contributed by atoms with van der Waals surface area (Å²) >= 11 is 3.06. The Hall–Kier alpha value is -1.27. The van der Waals surface area contributed by atoms with Crippen molar-refractivity contribution in [3.05, 3.63) is 16.6 Å². The van der Waals surface area contributed by atoms with Crippen molar-refractivity contribution in [3.63, 3.8) is 0 Å². The largest absolute Gasteiger partial charge is 0.397 e. The highest BCUT2D eigenvalue weighted by Gasteiger charge is 2.19. The zero-order valence-electron chi connectivity index (χ0n) is 8.32. The molecule has 0 fully saturated rings. The van der Waals surface area contributed by atoms with Crippen molar-refractivity contribution >= 4 is 44.9 Å². The van der Waals surface area contributed by atoms with Crippen LogP contribution in [0, 0.1) is 0 Å². The first-order chi connectivity index (χ1) is 7.66. The molecular formula is C10H9N3OS2. The summed E-state index contributed by atoms with van der Waals surface area (Å²) in [6, 6.07) is 2.02. The maximum Gasteiger partial charge on any atom is 0.260 e. The van der Waals surface area contributed by atoms with Gasteiger partial charge in [-0.25, -0.2) is 4.98 Å². The Morgan fingerprint density at radius 1 is 1.50 bits per heavy atom. The number of rotatable bonds is 1. The number of aromatic nitrogens is 1. The molecule has 6 heteroatoms. The van der Waals surface area contributed by atoms with E-state index in [1.165, 1.54) is 16.2 Å². The number of pyridine rings is 1. The molecule has 4 nitrogen and oxygen atoms in total. The van der Waals surface area contributed by atoms with E-state index in [0.717, 1.165) is 28.1 Å². The maximum absolute atomic E-state index is 11.2. The summed E-state index contributed by atoms with van der Waals surface area (Å²) in [5.41, 5.74) is 12.7. The number of nitrogens with two attached hydrogens (primary N) is 2. The third kappa shape index (κ3) is 1.30. The number of primary amides is 1. The van der Waals surface area contributed by atoms with Crippen molar-refractivity contribution in [2.24, 2.45) is 5.73 Å².